The molecule has 0 atom stereocenters. The van der Waals surface area contributed by atoms with Gasteiger partial charge in [0.25, 0.3) is 0 Å². The van der Waals surface area contributed by atoms with Crippen LogP contribution in [0, 0.1) is 0 Å². The molecule has 0 amide bonds. The summed E-state index contributed by atoms with van der Waals surface area (Å²) in [5.41, 5.74) is 18.2. The van der Waals surface area contributed by atoms with Crippen molar-refractivity contribution in [3.63, 3.8) is 0 Å². The van der Waals surface area contributed by atoms with Gasteiger partial charge in [-0.2, -0.15) is 0 Å². The maximum Gasteiger partial charge on any atom is 0.164 e. The molecule has 0 fully saturated rings. The van der Waals surface area contributed by atoms with Crippen molar-refractivity contribution in [1.29, 1.82) is 0 Å². The molecule has 0 bridgehead atoms. The van der Waals surface area contributed by atoms with E-state index in [9.17, 15) is 0 Å². The van der Waals surface area contributed by atoms with Crippen molar-refractivity contribution in [2.45, 2.75) is 0 Å². The van der Waals surface area contributed by atoms with Gasteiger partial charge in [0.15, 0.2) is 17.5 Å². The molecule has 4 aromatic heterocycles. The lowest BCUT2D eigenvalue weighted by Gasteiger charge is -2.14. The lowest BCUT2D eigenvalue weighted by Crippen LogP contribution is -2.00. The van der Waals surface area contributed by atoms with Gasteiger partial charge in [0.2, 0.25) is 0 Å². The second-order valence-electron chi connectivity index (χ2n) is 19.1. The van der Waals surface area contributed by atoms with Crippen LogP contribution in [-0.2, 0) is 0 Å². The second-order valence-corrected chi connectivity index (χ2v) is 19.1. The summed E-state index contributed by atoms with van der Waals surface area (Å²) in [5, 5.41) is 6.69. The summed E-state index contributed by atoms with van der Waals surface area (Å²) in [6.07, 6.45) is 0. The van der Waals surface area contributed by atoms with Gasteiger partial charge in [0.05, 0.1) is 11.0 Å². The molecule has 4 heterocycles. The van der Waals surface area contributed by atoms with Crippen LogP contribution >= 0.6 is 0 Å². The molecule has 75 heavy (non-hydrogen) atoms. The van der Waals surface area contributed by atoms with Gasteiger partial charge in [-0.25, -0.2) is 15.0 Å². The van der Waals surface area contributed by atoms with E-state index in [1.165, 1.54) is 21.9 Å². The number of furan rings is 2. The third-order valence-corrected chi connectivity index (χ3v) is 14.7. The maximum atomic E-state index is 6.85. The van der Waals surface area contributed by atoms with E-state index in [0.29, 0.717) is 17.5 Å². The third-order valence-electron chi connectivity index (χ3n) is 14.7. The molecule has 0 saturated heterocycles. The molecule has 0 spiro atoms. The number of fused-ring (bicyclic) bond motifs is 9. The van der Waals surface area contributed by atoms with Crippen LogP contribution in [-0.4, -0.2) is 19.5 Å². The Morgan fingerprint density at radius 2 is 0.773 bits per heavy atom. The molecule has 15 rings (SSSR count). The Morgan fingerprint density at radius 1 is 0.267 bits per heavy atom. The molecule has 350 valence electrons. The van der Waals surface area contributed by atoms with Gasteiger partial charge < -0.3 is 13.4 Å². The first-order valence-electron chi connectivity index (χ1n) is 25.2. The van der Waals surface area contributed by atoms with Crippen molar-refractivity contribution < 1.29 is 8.83 Å². The SMILES string of the molecule is c1ccc(-c2ccc3c(c2)c2ccccc2n3-c2ccc3oc4ccc(-c5cccc(-c6ccc7c(oc8ccccc87)c6-c6cccc(-c7nc(-c8ccccc8)nc(-c8ccccc8)n7)c6)c5)cc4c3c2)cc1. The lowest BCUT2D eigenvalue weighted by atomic mass is 9.90. The zero-order valence-electron chi connectivity index (χ0n) is 40.4. The Labute approximate surface area is 431 Å². The lowest BCUT2D eigenvalue weighted by molar-refractivity contribution is 0.669. The number of aromatic nitrogens is 4. The zero-order chi connectivity index (χ0) is 49.4. The van der Waals surface area contributed by atoms with Crippen LogP contribution in [0.5, 0.6) is 0 Å². The highest BCUT2D eigenvalue weighted by atomic mass is 16.3. The Bertz CT molecular complexity index is 4650. The summed E-state index contributed by atoms with van der Waals surface area (Å²) < 4.78 is 15.8. The smallest absolute Gasteiger partial charge is 0.164 e. The van der Waals surface area contributed by atoms with Crippen LogP contribution in [0.3, 0.4) is 0 Å². The molecule has 6 nitrogen and oxygen atoms in total. The standard InChI is InChI=1S/C69H42N4O2/c1-4-16-43(17-5-1)47-30-35-61-57(40-47)54-26-10-12-28-60(54)73(61)52-32-37-64-59(42-52)58-41-48(31-36-63(58)74-64)46-22-14-23-49(38-46)53-33-34-56-55-27-11-13-29-62(55)75-66(56)65(53)50-24-15-25-51(39-50)69-71-67(44-18-6-2-7-19-44)70-68(72-69)45-20-8-3-9-21-45/h1-42H. The minimum atomic E-state index is 0.589. The predicted octanol–water partition coefficient (Wildman–Crippen LogP) is 18.4. The van der Waals surface area contributed by atoms with Crippen molar-refractivity contribution in [3.8, 4) is 84.4 Å². The fraction of sp³-hybridized carbons (Fsp3) is 0. The first-order valence-corrected chi connectivity index (χ1v) is 25.2. The van der Waals surface area contributed by atoms with Gasteiger partial charge in [-0.15, -0.1) is 0 Å². The largest absolute Gasteiger partial charge is 0.456 e. The van der Waals surface area contributed by atoms with E-state index in [1.807, 2.05) is 72.8 Å². The van der Waals surface area contributed by atoms with E-state index < -0.39 is 0 Å². The fourth-order valence-electron chi connectivity index (χ4n) is 11.1. The van der Waals surface area contributed by atoms with Crippen molar-refractivity contribution in [2.75, 3.05) is 0 Å². The van der Waals surface area contributed by atoms with Gasteiger partial charge >= 0.3 is 0 Å². The van der Waals surface area contributed by atoms with E-state index in [4.69, 9.17) is 23.8 Å². The Kier molecular flexibility index (Phi) is 9.78. The molecule has 15 aromatic rings. The van der Waals surface area contributed by atoms with Crippen LogP contribution < -0.4 is 0 Å². The quantitative estimate of drug-likeness (QED) is 0.152. The summed E-state index contributed by atoms with van der Waals surface area (Å²) in [4.78, 5) is 15.2. The van der Waals surface area contributed by atoms with Crippen molar-refractivity contribution in [1.82, 2.24) is 19.5 Å². The maximum absolute atomic E-state index is 6.85. The highest BCUT2D eigenvalue weighted by molar-refractivity contribution is 6.14. The number of benzene rings is 11. The molecular weight excluding hydrogens is 917 g/mol. The van der Waals surface area contributed by atoms with Gasteiger partial charge in [-0.05, 0) is 112 Å². The molecule has 0 N–H and O–H groups in total. The normalized spacial score (nSPS) is 11.7. The number of hydrogen-bond acceptors (Lipinski definition) is 5. The first kappa shape index (κ1) is 42.5. The zero-order valence-corrected chi connectivity index (χ0v) is 40.4. The fourth-order valence-corrected chi connectivity index (χ4v) is 11.1. The molecule has 0 aliphatic heterocycles. The number of hydrogen-bond donors (Lipinski definition) is 0. The van der Waals surface area contributed by atoms with Crippen LogP contribution in [0.15, 0.2) is 264 Å². The Balaban J connectivity index is 0.852. The summed E-state index contributed by atoms with van der Waals surface area (Å²) in [6, 6.07) is 89.4. The molecular formula is C69H42N4O2. The molecule has 6 heteroatoms. The average molecular weight is 959 g/mol. The monoisotopic (exact) mass is 958 g/mol. The predicted molar refractivity (Wildman–Crippen MR) is 307 cm³/mol. The minimum Gasteiger partial charge on any atom is -0.456 e. The minimum absolute atomic E-state index is 0.589. The van der Waals surface area contributed by atoms with E-state index in [-0.39, 0.29) is 0 Å². The van der Waals surface area contributed by atoms with Crippen molar-refractivity contribution >= 4 is 65.7 Å². The van der Waals surface area contributed by atoms with Crippen LogP contribution in [0.1, 0.15) is 0 Å². The molecule has 0 aliphatic carbocycles. The van der Waals surface area contributed by atoms with Crippen LogP contribution in [0.4, 0.5) is 0 Å². The number of rotatable bonds is 8. The summed E-state index contributed by atoms with van der Waals surface area (Å²) in [7, 11) is 0. The summed E-state index contributed by atoms with van der Waals surface area (Å²) in [6.45, 7) is 0. The highest BCUT2D eigenvalue weighted by Crippen LogP contribution is 2.45. The van der Waals surface area contributed by atoms with E-state index in [0.717, 1.165) is 111 Å². The van der Waals surface area contributed by atoms with Crippen LogP contribution in [0.25, 0.3) is 150 Å². The van der Waals surface area contributed by atoms with Gasteiger partial charge in [-0.3, -0.25) is 0 Å². The Hall–Kier alpha value is -10.2. The molecule has 0 unspecified atom stereocenters. The molecule has 0 radical (unpaired) electrons. The number of nitrogens with zero attached hydrogens (tertiary/aromatic N) is 4. The first-order chi connectivity index (χ1) is 37.1. The van der Waals surface area contributed by atoms with Crippen molar-refractivity contribution in [3.05, 3.63) is 255 Å². The van der Waals surface area contributed by atoms with E-state index in [1.54, 1.807) is 0 Å². The molecule has 0 aliphatic rings. The summed E-state index contributed by atoms with van der Waals surface area (Å²) >= 11 is 0. The van der Waals surface area contributed by atoms with Crippen molar-refractivity contribution in [2.24, 2.45) is 0 Å². The third kappa shape index (κ3) is 7.22. The van der Waals surface area contributed by atoms with E-state index in [2.05, 4.69) is 187 Å². The van der Waals surface area contributed by atoms with Gasteiger partial charge in [0.1, 0.15) is 22.3 Å². The highest BCUT2D eigenvalue weighted by Gasteiger charge is 2.21. The summed E-state index contributed by atoms with van der Waals surface area (Å²) in [5.74, 6) is 1.82. The van der Waals surface area contributed by atoms with Gasteiger partial charge in [0, 0.05) is 60.3 Å². The average Bonchev–Trinajstić information content (AvgIpc) is 4.20. The van der Waals surface area contributed by atoms with E-state index >= 15 is 0 Å². The van der Waals surface area contributed by atoms with Crippen LogP contribution in [0.2, 0.25) is 0 Å². The topological polar surface area (TPSA) is 69.9 Å². The van der Waals surface area contributed by atoms with Gasteiger partial charge in [-0.1, -0.05) is 182 Å². The number of para-hydroxylation sites is 2. The Morgan fingerprint density at radius 3 is 1.53 bits per heavy atom. The molecule has 11 aromatic carbocycles. The molecule has 0 saturated carbocycles. The second kappa shape index (κ2) is 17.3.